The van der Waals surface area contributed by atoms with E-state index in [1.807, 2.05) is 61.2 Å². The van der Waals surface area contributed by atoms with Crippen LogP contribution in [0.1, 0.15) is 20.8 Å². The van der Waals surface area contributed by atoms with Crippen LogP contribution < -0.4 is 18.3 Å². The van der Waals surface area contributed by atoms with Crippen LogP contribution in [-0.4, -0.2) is 65.5 Å². The molecule has 2 aromatic rings. The van der Waals surface area contributed by atoms with Crippen LogP contribution in [-0.2, 0) is 70.4 Å². The molecule has 0 aliphatic carbocycles. The number of halogens is 6. The summed E-state index contributed by atoms with van der Waals surface area (Å²) in [6.07, 6.45) is -0.470. The van der Waals surface area contributed by atoms with Gasteiger partial charge in [0.25, 0.3) is 0 Å². The van der Waals surface area contributed by atoms with Crippen molar-refractivity contribution in [3.8, 4) is 0 Å². The molecule has 45 heavy (non-hydrogen) atoms. The summed E-state index contributed by atoms with van der Waals surface area (Å²) < 4.78 is 138. The van der Waals surface area contributed by atoms with Crippen LogP contribution in [0.15, 0.2) is 61.2 Å². The van der Waals surface area contributed by atoms with E-state index in [1.165, 1.54) is 19.6 Å². The molecular formula is C22H33Cr2F6N3O11S. The third-order valence-electron chi connectivity index (χ3n) is 3.37. The molecular weight excluding hydrogens is 732 g/mol. The van der Waals surface area contributed by atoms with Crippen LogP contribution in [0.25, 0.3) is 0 Å². The summed E-state index contributed by atoms with van der Waals surface area (Å²) in [6, 6.07) is 11.7. The Morgan fingerprint density at radius 1 is 0.689 bits per heavy atom. The zero-order valence-corrected chi connectivity index (χ0v) is 27.7. The second kappa shape index (κ2) is 26.5. The zero-order valence-electron chi connectivity index (χ0n) is 24.3. The van der Waals surface area contributed by atoms with E-state index in [9.17, 15) is 63.7 Å². The summed E-state index contributed by atoms with van der Waals surface area (Å²) >= 11 is -12.1. The molecule has 2 rings (SSSR count). The van der Waals surface area contributed by atoms with Gasteiger partial charge < -0.3 is 9.64 Å². The van der Waals surface area contributed by atoms with Gasteiger partial charge in [0.1, 0.15) is 0 Å². The fraction of sp³-hybridized carbons (Fsp3) is 0.455. The van der Waals surface area contributed by atoms with Crippen LogP contribution in [0.5, 0.6) is 0 Å². The predicted molar refractivity (Wildman–Crippen MR) is 126 cm³/mol. The maximum atomic E-state index is 11.2. The Morgan fingerprint density at radius 3 is 1.00 bits per heavy atom. The predicted octanol–water partition coefficient (Wildman–Crippen LogP) is 0.598. The van der Waals surface area contributed by atoms with Crippen molar-refractivity contribution in [2.24, 2.45) is 0 Å². The number of hydrogen-bond donors (Lipinski definition) is 0. The molecule has 0 radical (unpaired) electrons. The van der Waals surface area contributed by atoms with Crippen LogP contribution in [0, 0.1) is 0 Å². The number of ether oxygens (including phenoxy) is 1. The van der Waals surface area contributed by atoms with Crippen molar-refractivity contribution in [3.05, 3.63) is 61.2 Å². The Bertz CT molecular complexity index is 1120. The number of hydrogen-bond acceptors (Lipinski definition) is 12. The van der Waals surface area contributed by atoms with E-state index in [1.54, 1.807) is 12.5 Å². The molecule has 2 heterocycles. The maximum Gasteiger partial charge on any atom is 0.166 e. The van der Waals surface area contributed by atoms with Crippen molar-refractivity contribution < 1.29 is 108 Å². The first kappa shape index (κ1) is 49.2. The quantitative estimate of drug-likeness (QED) is 0.232. The average molecular weight is 766 g/mol. The molecule has 0 atom stereocenters. The summed E-state index contributed by atoms with van der Waals surface area (Å²) in [7, 11) is -0.611. The van der Waals surface area contributed by atoms with Gasteiger partial charge in [-0.1, -0.05) is 32.9 Å². The first-order chi connectivity index (χ1) is 20.3. The maximum absolute atomic E-state index is 11.2. The fourth-order valence-corrected chi connectivity index (χ4v) is 3.29. The normalized spacial score (nSPS) is 10.8. The number of aromatic amines is 2. The Morgan fingerprint density at radius 2 is 0.933 bits per heavy atom. The van der Waals surface area contributed by atoms with Crippen molar-refractivity contribution in [1.82, 2.24) is 4.90 Å². The Labute approximate surface area is 262 Å². The molecule has 0 saturated heterocycles. The number of nitrogens with zero attached hydrogens (tertiary/aromatic N) is 1. The number of H-pyrrole nitrogens is 2. The number of carbonyl (C=O) groups excluding carboxylic acids is 2. The van der Waals surface area contributed by atoms with Crippen molar-refractivity contribution >= 4 is 22.7 Å². The molecule has 2 N–H and O–H groups in total. The van der Waals surface area contributed by atoms with Gasteiger partial charge in [-0.3, -0.25) is 4.21 Å². The smallest absolute Gasteiger partial charge is 0.166 e. The van der Waals surface area contributed by atoms with Gasteiger partial charge in [-0.05, 0) is 19.6 Å². The van der Waals surface area contributed by atoms with Gasteiger partial charge >= 0.3 is 77.9 Å². The summed E-state index contributed by atoms with van der Waals surface area (Å²) in [6.45, 7) is 10.1. The molecule has 2 aromatic heterocycles. The third-order valence-corrected chi connectivity index (χ3v) is 6.04. The van der Waals surface area contributed by atoms with E-state index in [0.717, 1.165) is 0 Å². The minimum Gasteiger partial charge on any atom is -0.218 e. The SMILES string of the molecule is CCN(CC)CC.CS(C)=O.O=C(OC(=O)C(F)(F)F)C(F)(F)F.[O]=[Cr](=[O])([O-])[O][Cr](=[O])(=[O])[O-].c1cc[nH+]cc1.c1cc[nH+]cc1. The molecule has 0 spiro atoms. The second-order valence-electron chi connectivity index (χ2n) is 7.07. The van der Waals surface area contributed by atoms with Gasteiger partial charge in [0.15, 0.2) is 24.8 Å². The Kier molecular flexibility index (Phi) is 28.9. The molecule has 262 valence electrons. The van der Waals surface area contributed by atoms with E-state index < -0.39 is 62.3 Å². The first-order valence-electron chi connectivity index (χ1n) is 11.7. The molecule has 0 unspecified atom stereocenters. The van der Waals surface area contributed by atoms with Crippen molar-refractivity contribution in [2.45, 2.75) is 33.1 Å². The van der Waals surface area contributed by atoms with E-state index in [0.29, 0.717) is 0 Å². The van der Waals surface area contributed by atoms with Crippen LogP contribution >= 0.6 is 0 Å². The fourth-order valence-electron chi connectivity index (χ4n) is 1.66. The molecule has 0 fully saturated rings. The largest absolute Gasteiger partial charge is 0.218 e. The topological polar surface area (TPSA) is 216 Å². The number of carbonyl (C=O) groups is 2. The van der Waals surface area contributed by atoms with E-state index in [2.05, 4.69) is 43.2 Å². The Hall–Kier alpha value is -2.73. The molecule has 0 bridgehead atoms. The molecule has 0 aliphatic heterocycles. The van der Waals surface area contributed by atoms with Gasteiger partial charge in [0.2, 0.25) is 0 Å². The molecule has 0 aliphatic rings. The van der Waals surface area contributed by atoms with Crippen molar-refractivity contribution in [2.75, 3.05) is 32.1 Å². The summed E-state index contributed by atoms with van der Waals surface area (Å²) in [5.41, 5.74) is 0. The van der Waals surface area contributed by atoms with Crippen LogP contribution in [0.2, 0.25) is 0 Å². The monoisotopic (exact) mass is 765 g/mol. The number of rotatable bonds is 5. The first-order valence-corrected chi connectivity index (χ1v) is 17.8. The van der Waals surface area contributed by atoms with Gasteiger partial charge in [-0.15, -0.1) is 0 Å². The second-order valence-corrected chi connectivity index (χ2v) is 12.2. The minimum atomic E-state index is -6.07. The Balaban J connectivity index is -0.000000233. The average Bonchev–Trinajstić information content (AvgIpc) is 2.90. The van der Waals surface area contributed by atoms with Crippen LogP contribution in [0.4, 0.5) is 26.3 Å². The number of nitrogens with one attached hydrogen (secondary N) is 2. The number of alkyl halides is 6. The van der Waals surface area contributed by atoms with E-state index in [4.69, 9.17) is 0 Å². The van der Waals surface area contributed by atoms with Crippen molar-refractivity contribution in [1.29, 1.82) is 0 Å². The minimum absolute atomic E-state index is 0.611. The van der Waals surface area contributed by atoms with Gasteiger partial charge in [-0.25, -0.2) is 19.6 Å². The number of aromatic nitrogens is 2. The van der Waals surface area contributed by atoms with Crippen molar-refractivity contribution in [3.63, 3.8) is 0 Å². The zero-order chi connectivity index (χ0) is 36.3. The van der Waals surface area contributed by atoms with Gasteiger partial charge in [-0.2, -0.15) is 26.3 Å². The standard InChI is InChI=1S/C6H15N.2C5H5N.C4F6O3.C2H6OS.2Cr.7O/c1-4-7(5-2)6-3;2*1-2-4-6-5-3-1;5-3(6,7)1(11)13-2(12)4(8,9)10;1-4(2)3;;;;;;;;;/h4-6H2,1-3H3;2*1-5H;;1-2H3;;;;;;;;;/q;;;;;;;;;;;;2*-1/p+2. The molecule has 0 aromatic carbocycles. The molecule has 23 heteroatoms. The van der Waals surface area contributed by atoms with Crippen LogP contribution in [0.3, 0.4) is 0 Å². The summed E-state index contributed by atoms with van der Waals surface area (Å²) in [4.78, 5) is 27.5. The van der Waals surface area contributed by atoms with E-state index >= 15 is 0 Å². The number of esters is 2. The third kappa shape index (κ3) is 45.8. The molecule has 14 nitrogen and oxygen atoms in total. The van der Waals surface area contributed by atoms with E-state index in [-0.39, 0.29) is 0 Å². The molecule has 0 amide bonds. The summed E-state index contributed by atoms with van der Waals surface area (Å²) in [5, 5.41) is 0. The summed E-state index contributed by atoms with van der Waals surface area (Å²) in [5.74, 6) is -6.40. The number of pyridine rings is 2. The van der Waals surface area contributed by atoms with Gasteiger partial charge in [0, 0.05) is 47.6 Å². The van der Waals surface area contributed by atoms with Gasteiger partial charge in [0.05, 0.1) is 0 Å². The molecule has 0 saturated carbocycles.